The highest BCUT2D eigenvalue weighted by Gasteiger charge is 2.42. The fourth-order valence-corrected chi connectivity index (χ4v) is 1.50. The van der Waals surface area contributed by atoms with Crippen LogP contribution >= 0.6 is 15.9 Å². The molecule has 0 saturated carbocycles. The smallest absolute Gasteiger partial charge is 0.170 e. The van der Waals surface area contributed by atoms with E-state index in [-0.39, 0.29) is 0 Å². The first-order valence-electron chi connectivity index (χ1n) is 3.52. The minimum atomic E-state index is -1.21. The summed E-state index contributed by atoms with van der Waals surface area (Å²) in [6.45, 7) is -0.436. The summed E-state index contributed by atoms with van der Waals surface area (Å²) in [6.07, 6.45) is -4.45. The van der Waals surface area contributed by atoms with E-state index in [0.717, 1.165) is 0 Å². The van der Waals surface area contributed by atoms with Crippen molar-refractivity contribution in [3.63, 3.8) is 0 Å². The summed E-state index contributed by atoms with van der Waals surface area (Å²) in [5.41, 5.74) is 0. The zero-order valence-electron chi connectivity index (χ0n) is 6.17. The van der Waals surface area contributed by atoms with Crippen LogP contribution in [-0.4, -0.2) is 56.5 Å². The molecule has 4 N–H and O–H groups in total. The summed E-state index contributed by atoms with van der Waals surface area (Å²) in [7, 11) is 0. The van der Waals surface area contributed by atoms with Gasteiger partial charge in [0.2, 0.25) is 0 Å². The molecule has 0 amide bonds. The van der Waals surface area contributed by atoms with Gasteiger partial charge in [0.1, 0.15) is 12.2 Å². The van der Waals surface area contributed by atoms with Gasteiger partial charge in [0, 0.05) is 0 Å². The molecule has 72 valence electrons. The maximum atomic E-state index is 9.27. The number of halogens is 1. The average molecular weight is 243 g/mol. The molecule has 0 unspecified atom stereocenters. The Labute approximate surface area is 77.7 Å². The predicted molar refractivity (Wildman–Crippen MR) is 42.7 cm³/mol. The molecule has 1 aliphatic rings. The molecule has 1 fully saturated rings. The van der Waals surface area contributed by atoms with E-state index in [4.69, 9.17) is 14.9 Å². The first-order chi connectivity index (χ1) is 5.57. The second-order valence-electron chi connectivity index (χ2n) is 2.67. The molecule has 12 heavy (non-hydrogen) atoms. The zero-order chi connectivity index (χ0) is 9.30. The Balaban J connectivity index is 2.63. The van der Waals surface area contributed by atoms with Gasteiger partial charge in [-0.3, -0.25) is 0 Å². The number of hydrogen-bond acceptors (Lipinski definition) is 5. The van der Waals surface area contributed by atoms with Crippen molar-refractivity contribution >= 4 is 15.9 Å². The second kappa shape index (κ2) is 3.99. The monoisotopic (exact) mass is 242 g/mol. The molecular weight excluding hydrogens is 232 g/mol. The van der Waals surface area contributed by atoms with Crippen molar-refractivity contribution in [2.45, 2.75) is 29.4 Å². The Kier molecular flexibility index (Phi) is 3.45. The lowest BCUT2D eigenvalue weighted by Crippen LogP contribution is -2.56. The van der Waals surface area contributed by atoms with Crippen molar-refractivity contribution in [1.82, 2.24) is 0 Å². The molecule has 1 saturated heterocycles. The van der Waals surface area contributed by atoms with Gasteiger partial charge in [-0.15, -0.1) is 0 Å². The van der Waals surface area contributed by atoms with Gasteiger partial charge >= 0.3 is 0 Å². The number of aliphatic hydroxyl groups excluding tert-OH is 4. The van der Waals surface area contributed by atoms with Gasteiger partial charge < -0.3 is 25.2 Å². The second-order valence-corrected chi connectivity index (χ2v) is 3.73. The van der Waals surface area contributed by atoms with Gasteiger partial charge in [0.15, 0.2) is 6.29 Å². The molecule has 5 nitrogen and oxygen atoms in total. The molecule has 1 heterocycles. The van der Waals surface area contributed by atoms with Crippen LogP contribution in [0, 0.1) is 0 Å². The molecule has 0 aromatic heterocycles. The Morgan fingerprint density at radius 2 is 1.75 bits per heavy atom. The van der Waals surface area contributed by atoms with Crippen LogP contribution in [0.3, 0.4) is 0 Å². The summed E-state index contributed by atoms with van der Waals surface area (Å²) in [6, 6.07) is 0. The largest absolute Gasteiger partial charge is 0.394 e. The third-order valence-electron chi connectivity index (χ3n) is 1.82. The van der Waals surface area contributed by atoms with Gasteiger partial charge in [0.25, 0.3) is 0 Å². The fourth-order valence-electron chi connectivity index (χ4n) is 1.06. The van der Waals surface area contributed by atoms with Gasteiger partial charge in [-0.05, 0) is 0 Å². The molecule has 0 bridgehead atoms. The van der Waals surface area contributed by atoms with E-state index < -0.39 is 36.0 Å². The number of rotatable bonds is 1. The summed E-state index contributed by atoms with van der Waals surface area (Å²) >= 11 is 2.95. The number of hydrogen-bond donors (Lipinski definition) is 4. The van der Waals surface area contributed by atoms with Crippen molar-refractivity contribution in [1.29, 1.82) is 0 Å². The van der Waals surface area contributed by atoms with Gasteiger partial charge in [-0.1, -0.05) is 15.9 Å². The Morgan fingerprint density at radius 3 is 2.25 bits per heavy atom. The van der Waals surface area contributed by atoms with Crippen molar-refractivity contribution < 1.29 is 25.2 Å². The van der Waals surface area contributed by atoms with E-state index in [9.17, 15) is 10.2 Å². The fraction of sp³-hybridized carbons (Fsp3) is 1.00. The summed E-state index contributed by atoms with van der Waals surface area (Å²) < 4.78 is 4.78. The van der Waals surface area contributed by atoms with Crippen LogP contribution in [0.25, 0.3) is 0 Å². The molecule has 0 aliphatic carbocycles. The van der Waals surface area contributed by atoms with Crippen molar-refractivity contribution in [2.24, 2.45) is 0 Å². The molecule has 1 aliphatic heterocycles. The standard InChI is InChI=1S/C6H11BrO5/c7-3-5(10)4(9)2(1-8)12-6(3)11/h2-6,8-11H,1H2/t2-,3+,4+,5-,6-/m0/s1. The third-order valence-corrected chi connectivity index (χ3v) is 2.82. The zero-order valence-corrected chi connectivity index (χ0v) is 7.75. The lowest BCUT2D eigenvalue weighted by molar-refractivity contribution is -0.233. The number of ether oxygens (including phenoxy) is 1. The molecular formula is C6H11BrO5. The summed E-state index contributed by atoms with van der Waals surface area (Å²) in [5, 5.41) is 36.3. The lowest BCUT2D eigenvalue weighted by atomic mass is 10.0. The van der Waals surface area contributed by atoms with Gasteiger partial charge in [-0.2, -0.15) is 0 Å². The minimum absolute atomic E-state index is 0.436. The summed E-state index contributed by atoms with van der Waals surface area (Å²) in [4.78, 5) is -0.727. The highest BCUT2D eigenvalue weighted by molar-refractivity contribution is 9.09. The average Bonchev–Trinajstić information content (AvgIpc) is 2.08. The van der Waals surface area contributed by atoms with E-state index >= 15 is 0 Å². The molecule has 0 aromatic rings. The Hall–Kier alpha value is 0.280. The summed E-state index contributed by atoms with van der Waals surface area (Å²) in [5.74, 6) is 0. The van der Waals surface area contributed by atoms with Crippen LogP contribution in [0.4, 0.5) is 0 Å². The number of alkyl halides is 1. The van der Waals surface area contributed by atoms with Crippen LogP contribution in [0.5, 0.6) is 0 Å². The van der Waals surface area contributed by atoms with E-state index in [1.165, 1.54) is 0 Å². The predicted octanol–water partition coefficient (Wildman–Crippen LogP) is -1.82. The van der Waals surface area contributed by atoms with Crippen LogP contribution in [0.1, 0.15) is 0 Å². The Bertz CT molecular complexity index is 150. The van der Waals surface area contributed by atoms with E-state index in [1.807, 2.05) is 0 Å². The van der Waals surface area contributed by atoms with E-state index in [2.05, 4.69) is 15.9 Å². The van der Waals surface area contributed by atoms with Gasteiger partial charge in [0.05, 0.1) is 17.5 Å². The topological polar surface area (TPSA) is 90.2 Å². The third kappa shape index (κ3) is 1.78. The molecule has 5 atom stereocenters. The van der Waals surface area contributed by atoms with Crippen molar-refractivity contribution in [3.8, 4) is 0 Å². The van der Waals surface area contributed by atoms with Crippen LogP contribution in [-0.2, 0) is 4.74 Å². The van der Waals surface area contributed by atoms with Crippen LogP contribution < -0.4 is 0 Å². The first-order valence-corrected chi connectivity index (χ1v) is 4.44. The first kappa shape index (κ1) is 10.4. The molecule has 0 radical (unpaired) electrons. The molecule has 0 spiro atoms. The van der Waals surface area contributed by atoms with Gasteiger partial charge in [-0.25, -0.2) is 0 Å². The van der Waals surface area contributed by atoms with Crippen molar-refractivity contribution in [3.05, 3.63) is 0 Å². The highest BCUT2D eigenvalue weighted by Crippen LogP contribution is 2.24. The molecule has 6 heteroatoms. The minimum Gasteiger partial charge on any atom is -0.394 e. The maximum Gasteiger partial charge on any atom is 0.170 e. The lowest BCUT2D eigenvalue weighted by Gasteiger charge is -2.37. The molecule has 0 aromatic carbocycles. The maximum absolute atomic E-state index is 9.27. The van der Waals surface area contributed by atoms with E-state index in [1.54, 1.807) is 0 Å². The quantitative estimate of drug-likeness (QED) is 0.407. The van der Waals surface area contributed by atoms with Crippen molar-refractivity contribution in [2.75, 3.05) is 6.61 Å². The van der Waals surface area contributed by atoms with Crippen LogP contribution in [0.2, 0.25) is 0 Å². The normalized spacial score (nSPS) is 49.2. The SMILES string of the molecule is OC[C@@H]1O[C@H](O)[C@H](Br)[C@H](O)[C@@H]1O. The van der Waals surface area contributed by atoms with E-state index in [0.29, 0.717) is 0 Å². The highest BCUT2D eigenvalue weighted by atomic mass is 79.9. The number of aliphatic hydroxyl groups is 4. The van der Waals surface area contributed by atoms with Crippen LogP contribution in [0.15, 0.2) is 0 Å². The Morgan fingerprint density at radius 1 is 1.17 bits per heavy atom. The molecule has 1 rings (SSSR count).